The van der Waals surface area contributed by atoms with E-state index < -0.39 is 0 Å². The Kier molecular flexibility index (Phi) is 5.40. The van der Waals surface area contributed by atoms with Gasteiger partial charge in [0.15, 0.2) is 0 Å². The fraction of sp³-hybridized carbons (Fsp3) is 0.562. The van der Waals surface area contributed by atoms with Gasteiger partial charge in [-0.15, -0.1) is 0 Å². The molecule has 1 aliphatic rings. The summed E-state index contributed by atoms with van der Waals surface area (Å²) in [6.45, 7) is 3.85. The molecule has 0 atom stereocenters. The lowest BCUT2D eigenvalue weighted by molar-refractivity contribution is 0.172. The molecule has 1 heterocycles. The zero-order chi connectivity index (χ0) is 14.4. The van der Waals surface area contributed by atoms with Crippen molar-refractivity contribution in [3.8, 4) is 11.8 Å². The van der Waals surface area contributed by atoms with Crippen LogP contribution in [0.2, 0.25) is 0 Å². The maximum absolute atomic E-state index is 9.01. The molecule has 2 N–H and O–H groups in total. The molecule has 20 heavy (non-hydrogen) atoms. The smallest absolute Gasteiger partial charge is 0.123 e. The van der Waals surface area contributed by atoms with E-state index in [2.05, 4.69) is 11.0 Å². The van der Waals surface area contributed by atoms with E-state index in [-0.39, 0.29) is 0 Å². The summed E-state index contributed by atoms with van der Waals surface area (Å²) in [6.07, 6.45) is 3.58. The molecule has 4 heteroatoms. The van der Waals surface area contributed by atoms with E-state index in [1.165, 1.54) is 12.8 Å². The summed E-state index contributed by atoms with van der Waals surface area (Å²) in [6, 6.07) is 7.81. The third kappa shape index (κ3) is 3.72. The highest BCUT2D eigenvalue weighted by Crippen LogP contribution is 2.25. The van der Waals surface area contributed by atoms with Gasteiger partial charge in [-0.2, -0.15) is 5.26 Å². The number of benzene rings is 1. The van der Waals surface area contributed by atoms with Crippen LogP contribution >= 0.6 is 0 Å². The molecule has 0 saturated carbocycles. The lowest BCUT2D eigenvalue weighted by Crippen LogP contribution is -2.34. The van der Waals surface area contributed by atoms with Crippen LogP contribution in [0, 0.1) is 17.2 Å². The van der Waals surface area contributed by atoms with E-state index in [0.717, 1.165) is 49.8 Å². The predicted octanol–water partition coefficient (Wildman–Crippen LogP) is 2.13. The molecular formula is C16H23N3O. The summed E-state index contributed by atoms with van der Waals surface area (Å²) in [4.78, 5) is 2.44. The zero-order valence-electron chi connectivity index (χ0n) is 12.1. The summed E-state index contributed by atoms with van der Waals surface area (Å²) in [7, 11) is 1.68. The van der Waals surface area contributed by atoms with Crippen LogP contribution < -0.4 is 10.5 Å². The SMILES string of the molecule is COc1ccc(C#N)cc1CN1CCC(CCN)CC1. The van der Waals surface area contributed by atoms with Gasteiger partial charge >= 0.3 is 0 Å². The first-order valence-corrected chi connectivity index (χ1v) is 7.26. The quantitative estimate of drug-likeness (QED) is 0.892. The number of nitriles is 1. The highest BCUT2D eigenvalue weighted by Gasteiger charge is 2.19. The monoisotopic (exact) mass is 273 g/mol. The highest BCUT2D eigenvalue weighted by atomic mass is 16.5. The summed E-state index contributed by atoms with van der Waals surface area (Å²) in [5.41, 5.74) is 7.42. The first-order chi connectivity index (χ1) is 9.76. The number of rotatable bonds is 5. The van der Waals surface area contributed by atoms with Gasteiger partial charge in [-0.3, -0.25) is 4.90 Å². The van der Waals surface area contributed by atoms with Gasteiger partial charge < -0.3 is 10.5 Å². The molecule has 1 aliphatic heterocycles. The minimum atomic E-state index is 0.693. The average Bonchev–Trinajstić information content (AvgIpc) is 2.49. The molecule has 1 fully saturated rings. The number of hydrogen-bond acceptors (Lipinski definition) is 4. The molecule has 1 aromatic carbocycles. The molecule has 0 radical (unpaired) electrons. The van der Waals surface area contributed by atoms with Gasteiger partial charge in [-0.1, -0.05) is 0 Å². The Morgan fingerprint density at radius 2 is 2.15 bits per heavy atom. The minimum absolute atomic E-state index is 0.693. The van der Waals surface area contributed by atoms with Crippen molar-refractivity contribution in [1.82, 2.24) is 4.90 Å². The maximum Gasteiger partial charge on any atom is 0.123 e. The Morgan fingerprint density at radius 1 is 1.40 bits per heavy atom. The fourth-order valence-electron chi connectivity index (χ4n) is 2.88. The van der Waals surface area contributed by atoms with Crippen molar-refractivity contribution in [2.75, 3.05) is 26.7 Å². The predicted molar refractivity (Wildman–Crippen MR) is 79.4 cm³/mol. The van der Waals surface area contributed by atoms with Crippen LogP contribution in [-0.2, 0) is 6.54 Å². The van der Waals surface area contributed by atoms with Crippen LogP contribution in [-0.4, -0.2) is 31.6 Å². The van der Waals surface area contributed by atoms with Crippen molar-refractivity contribution < 1.29 is 4.74 Å². The molecule has 2 rings (SSSR count). The van der Waals surface area contributed by atoms with Gasteiger partial charge in [0.2, 0.25) is 0 Å². The van der Waals surface area contributed by atoms with Crippen molar-refractivity contribution >= 4 is 0 Å². The Morgan fingerprint density at radius 3 is 2.75 bits per heavy atom. The van der Waals surface area contributed by atoms with Crippen molar-refractivity contribution in [3.05, 3.63) is 29.3 Å². The number of ether oxygens (including phenoxy) is 1. The number of piperidine rings is 1. The van der Waals surface area contributed by atoms with Crippen LogP contribution in [0.5, 0.6) is 5.75 Å². The summed E-state index contributed by atoms with van der Waals surface area (Å²) in [5, 5.41) is 9.01. The average molecular weight is 273 g/mol. The molecule has 0 amide bonds. The van der Waals surface area contributed by atoms with Crippen LogP contribution in [0.1, 0.15) is 30.4 Å². The summed E-state index contributed by atoms with van der Waals surface area (Å²) < 4.78 is 5.39. The van der Waals surface area contributed by atoms with Crippen molar-refractivity contribution in [3.63, 3.8) is 0 Å². The zero-order valence-corrected chi connectivity index (χ0v) is 12.1. The number of nitrogens with two attached hydrogens (primary N) is 1. The molecule has 0 unspecified atom stereocenters. The lowest BCUT2D eigenvalue weighted by Gasteiger charge is -2.32. The van der Waals surface area contributed by atoms with Crippen molar-refractivity contribution in [2.45, 2.75) is 25.8 Å². The lowest BCUT2D eigenvalue weighted by atomic mass is 9.93. The molecule has 0 spiro atoms. The topological polar surface area (TPSA) is 62.3 Å². The Balaban J connectivity index is 1.98. The molecule has 0 aromatic heterocycles. The van der Waals surface area contributed by atoms with E-state index >= 15 is 0 Å². The molecule has 1 saturated heterocycles. The second kappa shape index (κ2) is 7.28. The molecular weight excluding hydrogens is 250 g/mol. The number of hydrogen-bond donors (Lipinski definition) is 1. The summed E-state index contributed by atoms with van der Waals surface area (Å²) >= 11 is 0. The van der Waals surface area contributed by atoms with Gasteiger partial charge in [0.05, 0.1) is 18.7 Å². The van der Waals surface area contributed by atoms with Gasteiger partial charge in [0.1, 0.15) is 5.75 Å². The molecule has 108 valence electrons. The Labute approximate surface area is 121 Å². The third-order valence-corrected chi connectivity index (χ3v) is 4.09. The van der Waals surface area contributed by atoms with E-state index in [4.69, 9.17) is 15.7 Å². The number of methoxy groups -OCH3 is 1. The molecule has 1 aromatic rings. The largest absolute Gasteiger partial charge is 0.496 e. The maximum atomic E-state index is 9.01. The van der Waals surface area contributed by atoms with Crippen molar-refractivity contribution in [1.29, 1.82) is 5.26 Å². The Bertz CT molecular complexity index is 473. The number of nitrogens with zero attached hydrogens (tertiary/aromatic N) is 2. The van der Waals surface area contributed by atoms with Gasteiger partial charge in [0, 0.05) is 12.1 Å². The van der Waals surface area contributed by atoms with Gasteiger partial charge in [-0.05, 0) is 63.0 Å². The number of likely N-dealkylation sites (tertiary alicyclic amines) is 1. The molecule has 0 aliphatic carbocycles. The minimum Gasteiger partial charge on any atom is -0.496 e. The molecule has 4 nitrogen and oxygen atoms in total. The van der Waals surface area contributed by atoms with Gasteiger partial charge in [-0.25, -0.2) is 0 Å². The Hall–Kier alpha value is -1.57. The first kappa shape index (κ1) is 14.8. The fourth-order valence-corrected chi connectivity index (χ4v) is 2.88. The van der Waals surface area contributed by atoms with Crippen LogP contribution in [0.4, 0.5) is 0 Å². The third-order valence-electron chi connectivity index (χ3n) is 4.09. The van der Waals surface area contributed by atoms with E-state index in [0.29, 0.717) is 5.56 Å². The van der Waals surface area contributed by atoms with Crippen molar-refractivity contribution in [2.24, 2.45) is 11.7 Å². The second-order valence-corrected chi connectivity index (χ2v) is 5.44. The standard InChI is InChI=1S/C16H23N3O/c1-20-16-3-2-14(11-18)10-15(16)12-19-8-5-13(4-7-17)6-9-19/h2-3,10,13H,4-9,12,17H2,1H3. The normalized spacial score (nSPS) is 16.9. The summed E-state index contributed by atoms with van der Waals surface area (Å²) in [5.74, 6) is 1.65. The van der Waals surface area contributed by atoms with Crippen LogP contribution in [0.25, 0.3) is 0 Å². The van der Waals surface area contributed by atoms with Gasteiger partial charge in [0.25, 0.3) is 0 Å². The first-order valence-electron chi connectivity index (χ1n) is 7.26. The van der Waals surface area contributed by atoms with E-state index in [9.17, 15) is 0 Å². The van der Waals surface area contributed by atoms with Crippen LogP contribution in [0.3, 0.4) is 0 Å². The van der Waals surface area contributed by atoms with Crippen LogP contribution in [0.15, 0.2) is 18.2 Å². The highest BCUT2D eigenvalue weighted by molar-refractivity contribution is 5.42. The second-order valence-electron chi connectivity index (χ2n) is 5.44. The van der Waals surface area contributed by atoms with E-state index in [1.54, 1.807) is 13.2 Å². The van der Waals surface area contributed by atoms with E-state index in [1.807, 2.05) is 12.1 Å². The molecule has 0 bridgehead atoms.